The van der Waals surface area contributed by atoms with Crippen LogP contribution < -0.4 is 5.73 Å². The first-order chi connectivity index (χ1) is 33.0. The fourth-order valence-electron chi connectivity index (χ4n) is 11.7. The van der Waals surface area contributed by atoms with Crippen LogP contribution in [-0.4, -0.2) is 191 Å². The Hall–Kier alpha value is -2.73. The molecular weight excluding hydrogens is 940 g/mol. The van der Waals surface area contributed by atoms with Crippen LogP contribution in [0, 0.1) is 23.7 Å². The van der Waals surface area contributed by atoms with Gasteiger partial charge in [0.25, 0.3) is 0 Å². The molecule has 3 saturated heterocycles. The number of nitrogens with zero attached hydrogens (tertiary/aromatic N) is 5. The minimum atomic E-state index is -3.37. The smallest absolute Gasteiger partial charge is 0.309 e. The number of methoxy groups -OCH3 is 1. The number of aliphatic hydroxyl groups is 4. The molecule has 0 radical (unpaired) electrons. The molecule has 71 heavy (non-hydrogen) atoms. The van der Waals surface area contributed by atoms with Gasteiger partial charge in [-0.1, -0.05) is 45.0 Å². The summed E-state index contributed by atoms with van der Waals surface area (Å²) in [5, 5.41) is 57.4. The van der Waals surface area contributed by atoms with Crippen molar-refractivity contribution in [3.05, 3.63) is 41.7 Å². The minimum Gasteiger partial charge on any atom is -0.459 e. The van der Waals surface area contributed by atoms with Crippen molar-refractivity contribution in [2.24, 2.45) is 29.4 Å². The molecule has 4 heterocycles. The third kappa shape index (κ3) is 13.8. The number of carbonyl (C=O) groups excluding carboxylic acids is 1. The second kappa shape index (κ2) is 23.9. The molecule has 406 valence electrons. The van der Waals surface area contributed by atoms with Crippen molar-refractivity contribution < 1.29 is 61.7 Å². The summed E-state index contributed by atoms with van der Waals surface area (Å²) in [6.07, 6.45) is -2.68. The van der Waals surface area contributed by atoms with E-state index >= 15 is 0 Å². The van der Waals surface area contributed by atoms with E-state index in [2.05, 4.69) is 10.3 Å². The largest absolute Gasteiger partial charge is 0.459 e. The molecule has 19 atom stereocenters. The maximum atomic E-state index is 14.6. The van der Waals surface area contributed by atoms with Gasteiger partial charge < -0.3 is 59.6 Å². The van der Waals surface area contributed by atoms with Crippen LogP contribution in [0.15, 0.2) is 35.4 Å². The van der Waals surface area contributed by atoms with Gasteiger partial charge >= 0.3 is 5.97 Å². The summed E-state index contributed by atoms with van der Waals surface area (Å²) in [5.74, 6) is -3.10. The highest BCUT2D eigenvalue weighted by Crippen LogP contribution is 2.44. The van der Waals surface area contributed by atoms with Crippen molar-refractivity contribution in [1.29, 1.82) is 0 Å². The number of aromatic nitrogens is 3. The number of likely N-dealkylation sites (N-methyl/N-ethyl adjacent to an activating group) is 2. The molecule has 0 spiro atoms. The van der Waals surface area contributed by atoms with E-state index in [1.807, 2.05) is 58.5 Å². The van der Waals surface area contributed by atoms with Crippen molar-refractivity contribution in [2.45, 2.75) is 203 Å². The molecule has 3 aliphatic rings. The number of benzene rings is 1. The third-order valence-electron chi connectivity index (χ3n) is 16.3. The zero-order valence-electron chi connectivity index (χ0n) is 44.6. The van der Waals surface area contributed by atoms with Gasteiger partial charge in [0.05, 0.1) is 64.2 Å². The molecule has 0 saturated carbocycles. The summed E-state index contributed by atoms with van der Waals surface area (Å²) in [7, 11) is 1.96. The molecule has 2 aromatic rings. The quantitative estimate of drug-likeness (QED) is 0.170. The van der Waals surface area contributed by atoms with E-state index in [9.17, 15) is 38.0 Å². The normalized spacial score (nSPS) is 40.2. The van der Waals surface area contributed by atoms with Gasteiger partial charge in [-0.2, -0.15) is 0 Å². The molecule has 5 rings (SSSR count). The van der Waals surface area contributed by atoms with Crippen LogP contribution in [0.4, 0.5) is 4.39 Å². The molecule has 1 unspecified atom stereocenters. The molecule has 6 N–H and O–H groups in total. The standard InChI is InChI=1S/C51H87FN6O12S/c1-15-41-51(10,63)45(60)33(6)57(12)27-29(2)24-49(8,62)46(31(4)42(32(5)47(61)69-41)40-25-50(9,66-13)44(53)34(7)68-40)70-48-43(59)39(22-30(3)67-48)56(11)21-20-36-28-58(55-54-36)37(26-52)23-35-16-18-38(19-17-35)71(14,64)65/h16-19,28-34,37,39-46,48,59-60,62-63H,15,20-27,53H2,1-14H3/t29-,30-,31+,32-,33-,34+,37+,39+,40?,41-,42+,43-,44+,45-,46-,48+,49-,50-,51-/m1/s1. The highest BCUT2D eigenvalue weighted by Gasteiger charge is 2.55. The van der Waals surface area contributed by atoms with Crippen LogP contribution in [0.2, 0.25) is 0 Å². The van der Waals surface area contributed by atoms with E-state index in [0.29, 0.717) is 38.0 Å². The zero-order chi connectivity index (χ0) is 53.1. The molecule has 3 fully saturated rings. The van der Waals surface area contributed by atoms with Crippen molar-refractivity contribution in [1.82, 2.24) is 24.8 Å². The molecular formula is C51H87FN6O12S. The van der Waals surface area contributed by atoms with Crippen LogP contribution in [0.25, 0.3) is 0 Å². The lowest BCUT2D eigenvalue weighted by molar-refractivity contribution is -0.301. The molecule has 20 heteroatoms. The third-order valence-corrected chi connectivity index (χ3v) is 17.4. The van der Waals surface area contributed by atoms with Gasteiger partial charge in [0.1, 0.15) is 30.6 Å². The Morgan fingerprint density at radius 1 is 1.04 bits per heavy atom. The second-order valence-corrected chi connectivity index (χ2v) is 24.2. The zero-order valence-corrected chi connectivity index (χ0v) is 45.5. The van der Waals surface area contributed by atoms with Gasteiger partial charge in [-0.25, -0.2) is 17.5 Å². The van der Waals surface area contributed by atoms with Crippen molar-refractivity contribution in [3.8, 4) is 0 Å². The van der Waals surface area contributed by atoms with E-state index in [4.69, 9.17) is 29.4 Å². The summed E-state index contributed by atoms with van der Waals surface area (Å²) < 4.78 is 72.2. The van der Waals surface area contributed by atoms with E-state index in [-0.39, 0.29) is 36.2 Å². The average molecular weight is 1030 g/mol. The Kier molecular flexibility index (Phi) is 19.9. The maximum Gasteiger partial charge on any atom is 0.309 e. The van der Waals surface area contributed by atoms with Crippen molar-refractivity contribution in [3.63, 3.8) is 0 Å². The fourth-order valence-corrected chi connectivity index (χ4v) is 12.3. The fraction of sp³-hybridized carbons (Fsp3) is 0.824. The van der Waals surface area contributed by atoms with Gasteiger partial charge in [0.2, 0.25) is 0 Å². The Balaban J connectivity index is 1.44. The Morgan fingerprint density at radius 2 is 1.69 bits per heavy atom. The number of sulfone groups is 1. The van der Waals surface area contributed by atoms with Crippen molar-refractivity contribution >= 4 is 15.8 Å². The molecule has 18 nitrogen and oxygen atoms in total. The highest BCUT2D eigenvalue weighted by molar-refractivity contribution is 7.90. The number of carbonyl (C=O) groups is 1. The summed E-state index contributed by atoms with van der Waals surface area (Å²) >= 11 is 0. The van der Waals surface area contributed by atoms with E-state index in [0.717, 1.165) is 11.8 Å². The predicted molar refractivity (Wildman–Crippen MR) is 266 cm³/mol. The van der Waals surface area contributed by atoms with Crippen LogP contribution in [0.1, 0.15) is 112 Å². The number of esters is 1. The van der Waals surface area contributed by atoms with E-state index < -0.39 is 124 Å². The summed E-state index contributed by atoms with van der Waals surface area (Å²) in [5.41, 5.74) is 3.78. The Morgan fingerprint density at radius 3 is 2.28 bits per heavy atom. The van der Waals surface area contributed by atoms with Crippen LogP contribution in [0.3, 0.4) is 0 Å². The van der Waals surface area contributed by atoms with Gasteiger partial charge in [-0.05, 0) is 111 Å². The summed E-state index contributed by atoms with van der Waals surface area (Å²) in [4.78, 5) is 18.7. The van der Waals surface area contributed by atoms with Crippen LogP contribution >= 0.6 is 0 Å². The minimum absolute atomic E-state index is 0.184. The number of hydrogen-bond donors (Lipinski definition) is 5. The number of alkyl halides is 1. The lowest BCUT2D eigenvalue weighted by Gasteiger charge is -2.52. The topological polar surface area (TPSA) is 241 Å². The monoisotopic (exact) mass is 1030 g/mol. The number of aliphatic hydroxyl groups excluding tert-OH is 2. The number of ether oxygens (including phenoxy) is 5. The first-order valence-electron chi connectivity index (χ1n) is 25.4. The molecule has 0 amide bonds. The lowest BCUT2D eigenvalue weighted by atomic mass is 9.68. The molecule has 0 aliphatic carbocycles. The van der Waals surface area contributed by atoms with Crippen molar-refractivity contribution in [2.75, 3.05) is 47.2 Å². The first kappa shape index (κ1) is 59.2. The van der Waals surface area contributed by atoms with Crippen LogP contribution in [-0.2, 0) is 51.2 Å². The van der Waals surface area contributed by atoms with Gasteiger partial charge in [-0.3, -0.25) is 4.79 Å². The Labute approximate surface area is 422 Å². The molecule has 0 bridgehead atoms. The number of cyclic esters (lactones) is 1. The lowest BCUT2D eigenvalue weighted by Crippen LogP contribution is -2.63. The second-order valence-electron chi connectivity index (χ2n) is 22.2. The number of hydrogen-bond acceptors (Lipinski definition) is 17. The van der Waals surface area contributed by atoms with Gasteiger partial charge in [0.15, 0.2) is 16.1 Å². The number of rotatable bonds is 14. The number of nitrogens with two attached hydrogens (primary N) is 1. The SMILES string of the molecule is CC[C@H]1OC(=O)[C@H](C)[C@@H](C2C[C@@](C)(OC)[C@@H](N)[C@H](C)O2)[C@H](C)[C@@H](O[C@@H]2O[C@H](C)C[C@H](N(C)CCc3cn([C@H](CF)Cc4ccc(S(C)(=O)=O)cc4)nn3)[C@H]2O)[C@](C)(O)C[C@@H](C)CN(C)[C@H](C)[C@@H](O)[C@]1(C)O. The molecule has 1 aromatic heterocycles. The summed E-state index contributed by atoms with van der Waals surface area (Å²) in [6, 6.07) is 4.17. The maximum absolute atomic E-state index is 14.6. The summed E-state index contributed by atoms with van der Waals surface area (Å²) in [6.45, 7) is 18.3. The predicted octanol–water partition coefficient (Wildman–Crippen LogP) is 3.50. The molecule has 3 aliphatic heterocycles. The Bertz CT molecular complexity index is 2140. The first-order valence-corrected chi connectivity index (χ1v) is 27.3. The number of halogens is 1. The van der Waals surface area contributed by atoms with Crippen LogP contribution in [0.5, 0.6) is 0 Å². The highest BCUT2D eigenvalue weighted by atomic mass is 32.2. The average Bonchev–Trinajstić information content (AvgIpc) is 3.78. The van der Waals surface area contributed by atoms with Gasteiger partial charge in [0, 0.05) is 63.5 Å². The molecule has 1 aromatic carbocycles. The van der Waals surface area contributed by atoms with E-state index in [1.165, 1.54) is 23.7 Å². The van der Waals surface area contributed by atoms with E-state index in [1.54, 1.807) is 53.1 Å². The van der Waals surface area contributed by atoms with Gasteiger partial charge in [-0.15, -0.1) is 5.10 Å².